The van der Waals surface area contributed by atoms with Crippen molar-refractivity contribution < 1.29 is 32.3 Å². The molecule has 2 aliphatic rings. The van der Waals surface area contributed by atoms with Gasteiger partial charge in [-0.1, -0.05) is 29.8 Å². The van der Waals surface area contributed by atoms with Gasteiger partial charge in [0.1, 0.15) is 10.7 Å². The number of halogens is 4. The smallest absolute Gasteiger partial charge is 0.376 e. The lowest BCUT2D eigenvalue weighted by Crippen LogP contribution is -2.32. The zero-order valence-electron chi connectivity index (χ0n) is 18.3. The number of anilines is 2. The normalized spacial score (nSPS) is 18.4. The minimum absolute atomic E-state index is 0.0470. The minimum atomic E-state index is -4.64. The minimum Gasteiger partial charge on any atom is -0.376 e. The summed E-state index contributed by atoms with van der Waals surface area (Å²) in [6.45, 7) is 1.17. The monoisotopic (exact) mass is 507 g/mol. The molecule has 2 aromatic carbocycles. The number of nitrogens with zero attached hydrogens (tertiary/aromatic N) is 1. The van der Waals surface area contributed by atoms with Crippen molar-refractivity contribution in [2.24, 2.45) is 0 Å². The van der Waals surface area contributed by atoms with E-state index in [1.54, 1.807) is 24.3 Å². The molecule has 2 aliphatic heterocycles. The molecule has 7 nitrogen and oxygen atoms in total. The summed E-state index contributed by atoms with van der Waals surface area (Å²) in [7, 11) is 0. The van der Waals surface area contributed by atoms with Crippen LogP contribution in [-0.2, 0) is 31.7 Å². The van der Waals surface area contributed by atoms with Gasteiger partial charge in [-0.05, 0) is 48.7 Å². The summed E-state index contributed by atoms with van der Waals surface area (Å²) in [6.07, 6.45) is -2.53. The fraction of sp³-hybridized carbons (Fsp3) is 0.292. The van der Waals surface area contributed by atoms with Crippen molar-refractivity contribution in [3.05, 3.63) is 70.4 Å². The zero-order valence-corrected chi connectivity index (χ0v) is 19.1. The maximum absolute atomic E-state index is 13.0. The summed E-state index contributed by atoms with van der Waals surface area (Å²) in [4.78, 5) is 38.1. The van der Waals surface area contributed by atoms with E-state index >= 15 is 0 Å². The Labute approximate surface area is 203 Å². The summed E-state index contributed by atoms with van der Waals surface area (Å²) < 4.78 is 44.6. The molecule has 0 aromatic heterocycles. The SMILES string of the molecule is O=C(Cc1ccc(NC2=C(Cl)C(=O)N(c3cccc(C(F)(F)F)c3)C2=O)cc1)NCC1CCCO1. The molecule has 2 N–H and O–H groups in total. The predicted octanol–water partition coefficient (Wildman–Crippen LogP) is 3.98. The van der Waals surface area contributed by atoms with Gasteiger partial charge >= 0.3 is 6.18 Å². The number of benzene rings is 2. The van der Waals surface area contributed by atoms with E-state index in [2.05, 4.69) is 10.6 Å². The van der Waals surface area contributed by atoms with Gasteiger partial charge in [-0.2, -0.15) is 13.2 Å². The first-order valence-corrected chi connectivity index (χ1v) is 11.2. The van der Waals surface area contributed by atoms with E-state index in [1.165, 1.54) is 6.07 Å². The van der Waals surface area contributed by atoms with Gasteiger partial charge in [0.15, 0.2) is 0 Å². The second kappa shape index (κ2) is 10.1. The number of alkyl halides is 3. The molecule has 3 amide bonds. The van der Waals surface area contributed by atoms with Crippen molar-refractivity contribution >= 4 is 40.7 Å². The number of carbonyl (C=O) groups is 3. The molecule has 0 bridgehead atoms. The van der Waals surface area contributed by atoms with Crippen LogP contribution < -0.4 is 15.5 Å². The van der Waals surface area contributed by atoms with E-state index < -0.39 is 28.6 Å². The van der Waals surface area contributed by atoms with Gasteiger partial charge in [0.25, 0.3) is 11.8 Å². The van der Waals surface area contributed by atoms with Crippen LogP contribution in [0.3, 0.4) is 0 Å². The van der Waals surface area contributed by atoms with Gasteiger partial charge in [-0.25, -0.2) is 4.90 Å². The zero-order chi connectivity index (χ0) is 25.2. The Hall–Kier alpha value is -3.37. The molecule has 0 saturated carbocycles. The summed E-state index contributed by atoms with van der Waals surface area (Å²) >= 11 is 6.06. The van der Waals surface area contributed by atoms with Gasteiger partial charge in [0.05, 0.1) is 23.8 Å². The third kappa shape index (κ3) is 5.66. The Morgan fingerprint density at radius 2 is 1.86 bits per heavy atom. The van der Waals surface area contributed by atoms with Crippen molar-refractivity contribution in [2.45, 2.75) is 31.5 Å². The Balaban J connectivity index is 1.40. The van der Waals surface area contributed by atoms with E-state index in [0.29, 0.717) is 29.8 Å². The molecular formula is C24H21ClF3N3O4. The van der Waals surface area contributed by atoms with Gasteiger partial charge in [-0.3, -0.25) is 14.4 Å². The van der Waals surface area contributed by atoms with Crippen molar-refractivity contribution in [1.82, 2.24) is 5.32 Å². The number of hydrogen-bond donors (Lipinski definition) is 2. The standard InChI is InChI=1S/C24H21ClF3N3O4/c25-20-21(23(34)31(22(20)33)17-4-1-3-15(12-17)24(26,27)28)30-16-8-6-14(7-9-16)11-19(32)29-13-18-5-2-10-35-18/h1,3-4,6-9,12,18,30H,2,5,10-11,13H2,(H,29,32). The largest absolute Gasteiger partial charge is 0.416 e. The molecule has 1 atom stereocenters. The molecule has 11 heteroatoms. The van der Waals surface area contributed by atoms with E-state index in [9.17, 15) is 27.6 Å². The van der Waals surface area contributed by atoms with Crippen LogP contribution in [0.4, 0.5) is 24.5 Å². The molecular weight excluding hydrogens is 487 g/mol. The highest BCUT2D eigenvalue weighted by Gasteiger charge is 2.40. The van der Waals surface area contributed by atoms with Crippen LogP contribution in [0.25, 0.3) is 0 Å². The Bertz CT molecular complexity index is 1180. The number of imide groups is 1. The van der Waals surface area contributed by atoms with Crippen molar-refractivity contribution in [3.8, 4) is 0 Å². The highest BCUT2D eigenvalue weighted by Crippen LogP contribution is 2.35. The highest BCUT2D eigenvalue weighted by atomic mass is 35.5. The fourth-order valence-corrected chi connectivity index (χ4v) is 4.01. The number of amides is 3. The molecule has 1 saturated heterocycles. The van der Waals surface area contributed by atoms with Crippen LogP contribution in [0, 0.1) is 0 Å². The molecule has 2 aromatic rings. The average Bonchev–Trinajstić information content (AvgIpc) is 3.41. The summed E-state index contributed by atoms with van der Waals surface area (Å²) in [5, 5.41) is 5.15. The molecule has 1 fully saturated rings. The topological polar surface area (TPSA) is 87.7 Å². The van der Waals surface area contributed by atoms with Crippen LogP contribution in [0.2, 0.25) is 0 Å². The lowest BCUT2D eigenvalue weighted by molar-refractivity contribution is -0.137. The van der Waals surface area contributed by atoms with Crippen molar-refractivity contribution in [3.63, 3.8) is 0 Å². The Kier molecular flexibility index (Phi) is 7.13. The van der Waals surface area contributed by atoms with Crippen LogP contribution in [0.1, 0.15) is 24.0 Å². The van der Waals surface area contributed by atoms with Crippen LogP contribution in [0.5, 0.6) is 0 Å². The van der Waals surface area contributed by atoms with Crippen LogP contribution in [-0.4, -0.2) is 37.0 Å². The van der Waals surface area contributed by atoms with Gasteiger partial charge in [-0.15, -0.1) is 0 Å². The lowest BCUT2D eigenvalue weighted by Gasteiger charge is -2.17. The summed E-state index contributed by atoms with van der Waals surface area (Å²) in [6, 6.07) is 10.4. The van der Waals surface area contributed by atoms with Crippen molar-refractivity contribution in [1.29, 1.82) is 0 Å². The molecule has 0 spiro atoms. The van der Waals surface area contributed by atoms with Gasteiger partial charge in [0.2, 0.25) is 5.91 Å². The van der Waals surface area contributed by atoms with E-state index in [-0.39, 0.29) is 29.8 Å². The van der Waals surface area contributed by atoms with Crippen molar-refractivity contribution in [2.75, 3.05) is 23.4 Å². The number of hydrogen-bond acceptors (Lipinski definition) is 5. The molecule has 35 heavy (non-hydrogen) atoms. The first kappa shape index (κ1) is 24.7. The quantitative estimate of drug-likeness (QED) is 0.554. The molecule has 0 aliphatic carbocycles. The van der Waals surface area contributed by atoms with Crippen LogP contribution >= 0.6 is 11.6 Å². The Morgan fingerprint density at radius 1 is 1.11 bits per heavy atom. The first-order valence-electron chi connectivity index (χ1n) is 10.8. The maximum atomic E-state index is 13.0. The molecule has 1 unspecified atom stereocenters. The molecule has 2 heterocycles. The average molecular weight is 508 g/mol. The van der Waals surface area contributed by atoms with Crippen LogP contribution in [0.15, 0.2) is 59.3 Å². The fourth-order valence-electron chi connectivity index (χ4n) is 3.80. The molecule has 4 rings (SSSR count). The number of rotatable bonds is 7. The number of ether oxygens (including phenoxy) is 1. The van der Waals surface area contributed by atoms with E-state index in [4.69, 9.17) is 16.3 Å². The lowest BCUT2D eigenvalue weighted by atomic mass is 10.1. The predicted molar refractivity (Wildman–Crippen MR) is 123 cm³/mol. The maximum Gasteiger partial charge on any atom is 0.416 e. The summed E-state index contributed by atoms with van der Waals surface area (Å²) in [5.41, 5.74) is -0.359. The second-order valence-electron chi connectivity index (χ2n) is 8.12. The van der Waals surface area contributed by atoms with E-state index in [0.717, 1.165) is 30.5 Å². The van der Waals surface area contributed by atoms with E-state index in [1.807, 2.05) is 0 Å². The second-order valence-corrected chi connectivity index (χ2v) is 8.50. The first-order chi connectivity index (χ1) is 16.6. The third-order valence-corrected chi connectivity index (χ3v) is 5.95. The number of carbonyl (C=O) groups excluding carboxylic acids is 3. The third-order valence-electron chi connectivity index (χ3n) is 5.60. The van der Waals surface area contributed by atoms with Gasteiger partial charge in [0, 0.05) is 18.8 Å². The number of nitrogens with one attached hydrogen (secondary N) is 2. The van der Waals surface area contributed by atoms with Gasteiger partial charge < -0.3 is 15.4 Å². The molecule has 184 valence electrons. The molecule has 0 radical (unpaired) electrons. The summed E-state index contributed by atoms with van der Waals surface area (Å²) in [5.74, 6) is -1.96. The highest BCUT2D eigenvalue weighted by molar-refractivity contribution is 6.53. The Morgan fingerprint density at radius 3 is 2.51 bits per heavy atom.